The van der Waals surface area contributed by atoms with Gasteiger partial charge in [-0.2, -0.15) is 12.7 Å². The molecule has 1 atom stereocenters. The fraction of sp³-hybridized carbons (Fsp3) is 1.00. The number of piperidine rings is 1. The highest BCUT2D eigenvalue weighted by atomic mass is 32.2. The molecule has 1 unspecified atom stereocenters. The van der Waals surface area contributed by atoms with Crippen molar-refractivity contribution in [2.45, 2.75) is 53.0 Å². The number of likely N-dealkylation sites (tertiary alicyclic amines) is 1. The second-order valence-corrected chi connectivity index (χ2v) is 8.17. The van der Waals surface area contributed by atoms with Crippen molar-refractivity contribution in [1.29, 1.82) is 0 Å². The van der Waals surface area contributed by atoms with Crippen molar-refractivity contribution in [1.82, 2.24) is 13.9 Å². The monoisotopic (exact) mass is 305 g/mol. The van der Waals surface area contributed by atoms with Gasteiger partial charge in [-0.15, -0.1) is 0 Å². The van der Waals surface area contributed by atoms with Gasteiger partial charge in [0.2, 0.25) is 0 Å². The van der Waals surface area contributed by atoms with Crippen molar-refractivity contribution in [3.05, 3.63) is 0 Å². The van der Waals surface area contributed by atoms with E-state index in [1.54, 1.807) is 0 Å². The maximum absolute atomic E-state index is 12.2. The van der Waals surface area contributed by atoms with E-state index in [4.69, 9.17) is 0 Å². The molecular formula is C14H31N3O2S. The van der Waals surface area contributed by atoms with Crippen LogP contribution in [0.3, 0.4) is 0 Å². The van der Waals surface area contributed by atoms with E-state index in [1.807, 2.05) is 13.8 Å². The number of nitrogens with one attached hydrogen (secondary N) is 1. The van der Waals surface area contributed by atoms with Crippen molar-refractivity contribution in [2.75, 3.05) is 32.7 Å². The largest absolute Gasteiger partial charge is 0.297 e. The van der Waals surface area contributed by atoms with Crippen molar-refractivity contribution in [2.24, 2.45) is 5.92 Å². The Morgan fingerprint density at radius 2 is 1.90 bits per heavy atom. The van der Waals surface area contributed by atoms with Gasteiger partial charge in [-0.3, -0.25) is 4.90 Å². The van der Waals surface area contributed by atoms with E-state index in [1.165, 1.54) is 17.1 Å². The van der Waals surface area contributed by atoms with Crippen LogP contribution in [0.1, 0.15) is 47.5 Å². The Hall–Kier alpha value is -0.170. The molecule has 1 aliphatic heterocycles. The zero-order chi connectivity index (χ0) is 15.4. The molecule has 0 aromatic rings. The summed E-state index contributed by atoms with van der Waals surface area (Å²) in [6.45, 7) is 13.8. The van der Waals surface area contributed by atoms with Crippen molar-refractivity contribution >= 4 is 10.2 Å². The van der Waals surface area contributed by atoms with Gasteiger partial charge in [-0.05, 0) is 39.2 Å². The van der Waals surface area contributed by atoms with Crippen LogP contribution < -0.4 is 4.72 Å². The molecule has 0 saturated carbocycles. The molecule has 6 heteroatoms. The third kappa shape index (κ3) is 4.69. The molecule has 1 fully saturated rings. The lowest BCUT2D eigenvalue weighted by Gasteiger charge is -2.43. The van der Waals surface area contributed by atoms with Gasteiger partial charge in [0.1, 0.15) is 0 Å². The summed E-state index contributed by atoms with van der Waals surface area (Å²) in [7, 11) is -3.35. The van der Waals surface area contributed by atoms with Gasteiger partial charge in [-0.25, -0.2) is 4.72 Å². The van der Waals surface area contributed by atoms with Gasteiger partial charge in [0.25, 0.3) is 10.2 Å². The van der Waals surface area contributed by atoms with Crippen molar-refractivity contribution in [3.8, 4) is 0 Å². The molecule has 0 bridgehead atoms. The Balaban J connectivity index is 2.62. The highest BCUT2D eigenvalue weighted by Crippen LogP contribution is 2.23. The van der Waals surface area contributed by atoms with E-state index < -0.39 is 10.2 Å². The van der Waals surface area contributed by atoms with Gasteiger partial charge < -0.3 is 0 Å². The van der Waals surface area contributed by atoms with Gasteiger partial charge in [0.05, 0.1) is 0 Å². The molecule has 20 heavy (non-hydrogen) atoms. The molecule has 5 nitrogen and oxygen atoms in total. The molecule has 0 aliphatic carbocycles. The average Bonchev–Trinajstić information content (AvgIpc) is 2.38. The molecular weight excluding hydrogens is 274 g/mol. The Bertz CT molecular complexity index is 391. The molecule has 0 aromatic carbocycles. The molecule has 120 valence electrons. The van der Waals surface area contributed by atoms with Crippen LogP contribution in [0.4, 0.5) is 0 Å². The fourth-order valence-electron chi connectivity index (χ4n) is 2.77. The van der Waals surface area contributed by atoms with Gasteiger partial charge in [-0.1, -0.05) is 20.8 Å². The van der Waals surface area contributed by atoms with Crippen LogP contribution in [0.15, 0.2) is 0 Å². The maximum Gasteiger partial charge on any atom is 0.279 e. The van der Waals surface area contributed by atoms with E-state index in [9.17, 15) is 8.42 Å². The minimum Gasteiger partial charge on any atom is -0.297 e. The Labute approximate surface area is 124 Å². The van der Waals surface area contributed by atoms with Gasteiger partial charge in [0, 0.05) is 31.7 Å². The number of rotatable bonds is 7. The first-order valence-corrected chi connectivity index (χ1v) is 9.16. The highest BCUT2D eigenvalue weighted by Gasteiger charge is 2.32. The van der Waals surface area contributed by atoms with Crippen LogP contribution in [-0.2, 0) is 10.2 Å². The Morgan fingerprint density at radius 1 is 1.30 bits per heavy atom. The van der Waals surface area contributed by atoms with Gasteiger partial charge in [0.15, 0.2) is 0 Å². The summed E-state index contributed by atoms with van der Waals surface area (Å²) < 4.78 is 28.6. The predicted molar refractivity (Wildman–Crippen MR) is 83.9 cm³/mol. The first-order valence-electron chi connectivity index (χ1n) is 7.72. The van der Waals surface area contributed by atoms with Crippen LogP contribution in [0.25, 0.3) is 0 Å². The summed E-state index contributed by atoms with van der Waals surface area (Å²) in [5, 5.41) is 0. The molecule has 0 amide bonds. The lowest BCUT2D eigenvalue weighted by Crippen LogP contribution is -2.56. The van der Waals surface area contributed by atoms with E-state index in [2.05, 4.69) is 30.4 Å². The second kappa shape index (κ2) is 7.20. The number of nitrogens with zero attached hydrogens (tertiary/aromatic N) is 2. The van der Waals surface area contributed by atoms with Crippen LogP contribution in [-0.4, -0.2) is 55.9 Å². The van der Waals surface area contributed by atoms with Crippen LogP contribution >= 0.6 is 0 Å². The van der Waals surface area contributed by atoms with Crippen molar-refractivity contribution in [3.63, 3.8) is 0 Å². The van der Waals surface area contributed by atoms with E-state index in [-0.39, 0.29) is 5.54 Å². The number of hydrogen-bond acceptors (Lipinski definition) is 3. The summed E-state index contributed by atoms with van der Waals surface area (Å²) in [6, 6.07) is 0. The van der Waals surface area contributed by atoms with Crippen LogP contribution in [0.5, 0.6) is 0 Å². The minimum atomic E-state index is -3.35. The molecule has 0 aromatic heterocycles. The highest BCUT2D eigenvalue weighted by molar-refractivity contribution is 7.87. The first-order chi connectivity index (χ1) is 9.23. The maximum atomic E-state index is 12.2. The molecule has 1 rings (SSSR count). The average molecular weight is 305 g/mol. The first kappa shape index (κ1) is 17.9. The Kier molecular flexibility index (Phi) is 6.44. The van der Waals surface area contributed by atoms with E-state index in [0.717, 1.165) is 13.1 Å². The zero-order valence-corrected chi connectivity index (χ0v) is 14.5. The molecule has 0 radical (unpaired) electrons. The third-order valence-electron chi connectivity index (χ3n) is 4.25. The number of hydrogen-bond donors (Lipinski definition) is 1. The third-order valence-corrected chi connectivity index (χ3v) is 5.95. The Morgan fingerprint density at radius 3 is 2.40 bits per heavy atom. The predicted octanol–water partition coefficient (Wildman–Crippen LogP) is 1.67. The summed E-state index contributed by atoms with van der Waals surface area (Å²) in [5.41, 5.74) is -0.144. The van der Waals surface area contributed by atoms with Crippen molar-refractivity contribution < 1.29 is 8.42 Å². The lowest BCUT2D eigenvalue weighted by atomic mass is 9.94. The quantitative estimate of drug-likeness (QED) is 0.778. The summed E-state index contributed by atoms with van der Waals surface area (Å²) in [5.74, 6) is 0.697. The standard InChI is InChI=1S/C14H31N3O2S/c1-6-17(7-2)20(18,19)15-12-14(4,5)16-10-8-9-13(3)11-16/h13,15H,6-12H2,1-5H3. The van der Waals surface area contributed by atoms with E-state index in [0.29, 0.717) is 25.6 Å². The SMILES string of the molecule is CCN(CC)S(=O)(=O)NCC(C)(C)N1CCCC(C)C1. The van der Waals surface area contributed by atoms with E-state index >= 15 is 0 Å². The molecule has 0 spiro atoms. The lowest BCUT2D eigenvalue weighted by molar-refractivity contribution is 0.0743. The molecule has 1 saturated heterocycles. The minimum absolute atomic E-state index is 0.144. The fourth-order valence-corrected chi connectivity index (χ4v) is 4.17. The second-order valence-electron chi connectivity index (χ2n) is 6.42. The smallest absolute Gasteiger partial charge is 0.279 e. The zero-order valence-electron chi connectivity index (χ0n) is 13.6. The molecule has 1 N–H and O–H groups in total. The summed E-state index contributed by atoms with van der Waals surface area (Å²) in [6.07, 6.45) is 2.48. The van der Waals surface area contributed by atoms with Gasteiger partial charge >= 0.3 is 0 Å². The summed E-state index contributed by atoms with van der Waals surface area (Å²) >= 11 is 0. The normalized spacial score (nSPS) is 22.4. The van der Waals surface area contributed by atoms with Crippen LogP contribution in [0.2, 0.25) is 0 Å². The van der Waals surface area contributed by atoms with Crippen LogP contribution in [0, 0.1) is 5.92 Å². The molecule has 1 heterocycles. The summed E-state index contributed by atoms with van der Waals surface area (Å²) in [4.78, 5) is 2.41. The topological polar surface area (TPSA) is 52.7 Å². The molecule has 1 aliphatic rings.